The molecule has 35 heavy (non-hydrogen) atoms. The summed E-state index contributed by atoms with van der Waals surface area (Å²) in [6.45, 7) is 0.237. The quantitative estimate of drug-likeness (QED) is 0.432. The zero-order valence-electron chi connectivity index (χ0n) is 18.4. The molecule has 0 spiro atoms. The predicted molar refractivity (Wildman–Crippen MR) is 126 cm³/mol. The van der Waals surface area contributed by atoms with Gasteiger partial charge >= 0.3 is 0 Å². The molecule has 0 radical (unpaired) electrons. The third kappa shape index (κ3) is 4.38. The van der Waals surface area contributed by atoms with E-state index < -0.39 is 26.6 Å². The van der Waals surface area contributed by atoms with Crippen LogP contribution in [0.3, 0.4) is 0 Å². The largest absolute Gasteiger partial charge is 0.336 e. The molecular formula is C25H20F2N4O3S. The number of hydrogen-bond donors (Lipinski definition) is 0. The lowest BCUT2D eigenvalue weighted by Gasteiger charge is -2.34. The fourth-order valence-electron chi connectivity index (χ4n) is 4.15. The van der Waals surface area contributed by atoms with Crippen LogP contribution in [0.4, 0.5) is 8.78 Å². The number of pyridine rings is 2. The minimum Gasteiger partial charge on any atom is -0.336 e. The summed E-state index contributed by atoms with van der Waals surface area (Å²) in [5.74, 6) is -2.24. The second-order valence-electron chi connectivity index (χ2n) is 8.08. The molecule has 4 aromatic rings. The highest BCUT2D eigenvalue weighted by Gasteiger charge is 2.32. The maximum atomic E-state index is 14.1. The highest BCUT2D eigenvalue weighted by atomic mass is 32.2. The van der Waals surface area contributed by atoms with Gasteiger partial charge in [0.2, 0.25) is 10.0 Å². The normalized spacial score (nSPS) is 14.9. The Bertz CT molecular complexity index is 1520. The van der Waals surface area contributed by atoms with Crippen molar-refractivity contribution in [3.05, 3.63) is 90.3 Å². The summed E-state index contributed by atoms with van der Waals surface area (Å²) in [7, 11) is -4.16. The smallest absolute Gasteiger partial charge is 0.254 e. The van der Waals surface area contributed by atoms with Crippen molar-refractivity contribution >= 4 is 26.8 Å². The number of fused-ring (bicyclic) bond motifs is 1. The number of para-hydroxylation sites is 1. The maximum absolute atomic E-state index is 14.1. The lowest BCUT2D eigenvalue weighted by Crippen LogP contribution is -2.50. The van der Waals surface area contributed by atoms with Crippen LogP contribution in [0.15, 0.2) is 78.0 Å². The van der Waals surface area contributed by atoms with Crippen LogP contribution in [0.25, 0.3) is 22.2 Å². The van der Waals surface area contributed by atoms with E-state index in [1.165, 1.54) is 0 Å². The minimum atomic E-state index is -4.16. The van der Waals surface area contributed by atoms with E-state index in [0.29, 0.717) is 28.2 Å². The molecule has 5 rings (SSSR count). The van der Waals surface area contributed by atoms with Crippen LogP contribution in [0, 0.1) is 11.6 Å². The Kier molecular flexibility index (Phi) is 6.00. The van der Waals surface area contributed by atoms with Gasteiger partial charge in [-0.1, -0.05) is 18.2 Å². The third-order valence-electron chi connectivity index (χ3n) is 5.96. The Morgan fingerprint density at radius 2 is 1.60 bits per heavy atom. The number of amides is 1. The predicted octanol–water partition coefficient (Wildman–Crippen LogP) is 3.72. The Balaban J connectivity index is 1.41. The summed E-state index contributed by atoms with van der Waals surface area (Å²) >= 11 is 0. The van der Waals surface area contributed by atoms with Crippen LogP contribution in [0.1, 0.15) is 10.4 Å². The lowest BCUT2D eigenvalue weighted by atomic mass is 10.0. The molecule has 0 unspecified atom stereocenters. The number of hydrogen-bond acceptors (Lipinski definition) is 5. The van der Waals surface area contributed by atoms with Gasteiger partial charge in [-0.05, 0) is 36.4 Å². The van der Waals surface area contributed by atoms with Gasteiger partial charge in [-0.3, -0.25) is 9.78 Å². The summed E-state index contributed by atoms with van der Waals surface area (Å²) in [6, 6.07) is 15.0. The van der Waals surface area contributed by atoms with Gasteiger partial charge in [-0.2, -0.15) is 4.31 Å². The lowest BCUT2D eigenvalue weighted by molar-refractivity contribution is 0.0699. The van der Waals surface area contributed by atoms with Gasteiger partial charge < -0.3 is 4.90 Å². The zero-order valence-corrected chi connectivity index (χ0v) is 19.3. The molecule has 1 amide bonds. The summed E-state index contributed by atoms with van der Waals surface area (Å²) in [6.07, 6.45) is 3.30. The average Bonchev–Trinajstić information content (AvgIpc) is 2.88. The number of aromatic nitrogens is 2. The fourth-order valence-corrected chi connectivity index (χ4v) is 5.62. The molecule has 1 fully saturated rings. The van der Waals surface area contributed by atoms with E-state index in [1.807, 2.05) is 36.4 Å². The molecule has 2 aromatic heterocycles. The van der Waals surface area contributed by atoms with E-state index in [1.54, 1.807) is 23.4 Å². The zero-order chi connectivity index (χ0) is 24.6. The molecule has 178 valence electrons. The minimum absolute atomic E-state index is 0.00881. The summed E-state index contributed by atoms with van der Waals surface area (Å²) in [4.78, 5) is 23.2. The average molecular weight is 495 g/mol. The number of piperazine rings is 1. The maximum Gasteiger partial charge on any atom is 0.254 e. The number of benzene rings is 2. The SMILES string of the molecule is O=C(c1cc(-c2ccncc2)nc2ccccc12)N1CCN(S(=O)(=O)c2ccc(F)cc2F)CC1. The van der Waals surface area contributed by atoms with Crippen molar-refractivity contribution in [2.75, 3.05) is 26.2 Å². The Labute approximate surface area is 200 Å². The molecule has 10 heteroatoms. The molecule has 1 saturated heterocycles. The number of carbonyl (C=O) groups is 1. The Morgan fingerprint density at radius 3 is 2.31 bits per heavy atom. The van der Waals surface area contributed by atoms with E-state index in [9.17, 15) is 22.0 Å². The van der Waals surface area contributed by atoms with E-state index >= 15 is 0 Å². The third-order valence-corrected chi connectivity index (χ3v) is 7.89. The fraction of sp³-hybridized carbons (Fsp3) is 0.160. The van der Waals surface area contributed by atoms with Crippen molar-refractivity contribution in [2.45, 2.75) is 4.90 Å². The molecule has 1 aliphatic rings. The van der Waals surface area contributed by atoms with Gasteiger partial charge in [-0.25, -0.2) is 22.2 Å². The molecule has 0 atom stereocenters. The molecule has 0 N–H and O–H groups in total. The van der Waals surface area contributed by atoms with Crippen LogP contribution in [-0.2, 0) is 10.0 Å². The molecule has 7 nitrogen and oxygen atoms in total. The van der Waals surface area contributed by atoms with Crippen molar-refractivity contribution in [2.24, 2.45) is 0 Å². The molecule has 2 aromatic carbocycles. The molecule has 0 aliphatic carbocycles. The van der Waals surface area contributed by atoms with Crippen molar-refractivity contribution in [3.8, 4) is 11.3 Å². The van der Waals surface area contributed by atoms with E-state index in [2.05, 4.69) is 9.97 Å². The number of carbonyl (C=O) groups excluding carboxylic acids is 1. The first-order valence-corrected chi connectivity index (χ1v) is 12.3. The second kappa shape index (κ2) is 9.12. The standard InChI is InChI=1S/C25H20F2N4O3S/c26-18-5-6-24(21(27)15-18)35(33,34)31-13-11-30(12-14-31)25(32)20-16-23(17-7-9-28-10-8-17)29-22-4-2-1-3-19(20)22/h1-10,15-16H,11-14H2. The van der Waals surface area contributed by atoms with Crippen LogP contribution >= 0.6 is 0 Å². The van der Waals surface area contributed by atoms with Crippen LogP contribution in [-0.4, -0.2) is 59.7 Å². The first-order valence-electron chi connectivity index (χ1n) is 10.9. The number of nitrogens with zero attached hydrogens (tertiary/aromatic N) is 4. The number of rotatable bonds is 4. The van der Waals surface area contributed by atoms with Gasteiger partial charge in [0.15, 0.2) is 0 Å². The van der Waals surface area contributed by atoms with Crippen LogP contribution in [0.5, 0.6) is 0 Å². The topological polar surface area (TPSA) is 83.5 Å². The number of sulfonamides is 1. The van der Waals surface area contributed by atoms with Gasteiger partial charge in [0.1, 0.15) is 16.5 Å². The Hall–Kier alpha value is -3.76. The first-order chi connectivity index (χ1) is 16.8. The monoisotopic (exact) mass is 494 g/mol. The van der Waals surface area contributed by atoms with E-state index in [-0.39, 0.29) is 32.1 Å². The summed E-state index contributed by atoms with van der Waals surface area (Å²) in [5.41, 5.74) is 2.57. The Morgan fingerprint density at radius 1 is 0.886 bits per heavy atom. The van der Waals surface area contributed by atoms with Gasteiger partial charge in [0, 0.05) is 55.6 Å². The van der Waals surface area contributed by atoms with Gasteiger partial charge in [-0.15, -0.1) is 0 Å². The van der Waals surface area contributed by atoms with Gasteiger partial charge in [0.05, 0.1) is 16.8 Å². The van der Waals surface area contributed by atoms with Crippen molar-refractivity contribution in [1.82, 2.24) is 19.2 Å². The van der Waals surface area contributed by atoms with Gasteiger partial charge in [0.25, 0.3) is 5.91 Å². The van der Waals surface area contributed by atoms with E-state index in [4.69, 9.17) is 0 Å². The molecule has 3 heterocycles. The van der Waals surface area contributed by atoms with Crippen molar-refractivity contribution in [3.63, 3.8) is 0 Å². The highest BCUT2D eigenvalue weighted by Crippen LogP contribution is 2.27. The van der Waals surface area contributed by atoms with E-state index in [0.717, 1.165) is 22.0 Å². The number of halogens is 2. The summed E-state index contributed by atoms with van der Waals surface area (Å²) < 4.78 is 54.2. The molecule has 0 bridgehead atoms. The molecular weight excluding hydrogens is 474 g/mol. The molecule has 0 saturated carbocycles. The van der Waals surface area contributed by atoms with Crippen LogP contribution in [0.2, 0.25) is 0 Å². The second-order valence-corrected chi connectivity index (χ2v) is 9.99. The van der Waals surface area contributed by atoms with Crippen LogP contribution < -0.4 is 0 Å². The summed E-state index contributed by atoms with van der Waals surface area (Å²) in [5, 5.41) is 0.693. The van der Waals surface area contributed by atoms with Crippen molar-refractivity contribution in [1.29, 1.82) is 0 Å². The molecule has 1 aliphatic heterocycles. The highest BCUT2D eigenvalue weighted by molar-refractivity contribution is 7.89. The first kappa shape index (κ1) is 23.0. The van der Waals surface area contributed by atoms with Crippen molar-refractivity contribution < 1.29 is 22.0 Å².